The maximum atomic E-state index is 12.6. The monoisotopic (exact) mass is 281 g/mol. The highest BCUT2D eigenvalue weighted by molar-refractivity contribution is 7.99. The van der Waals surface area contributed by atoms with E-state index >= 15 is 0 Å². The van der Waals surface area contributed by atoms with Crippen LogP contribution in [0.4, 0.5) is 13.2 Å². The van der Waals surface area contributed by atoms with Gasteiger partial charge in [0, 0.05) is 11.1 Å². The summed E-state index contributed by atoms with van der Waals surface area (Å²) in [6.45, 7) is 0. The Balaban J connectivity index is 2.33. The van der Waals surface area contributed by atoms with E-state index in [0.29, 0.717) is 9.92 Å². The minimum absolute atomic E-state index is 0.397. The summed E-state index contributed by atoms with van der Waals surface area (Å²) < 4.78 is 37.8. The fraction of sp³-hybridized carbons (Fsp3) is 0.0833. The van der Waals surface area contributed by atoms with E-state index in [1.165, 1.54) is 36.4 Å². The first-order valence-corrected chi connectivity index (χ1v) is 5.87. The third kappa shape index (κ3) is 3.23. The van der Waals surface area contributed by atoms with Gasteiger partial charge in [0.2, 0.25) is 0 Å². The zero-order chi connectivity index (χ0) is 13.9. The molecule has 0 saturated carbocycles. The zero-order valence-electron chi connectivity index (χ0n) is 9.35. The summed E-state index contributed by atoms with van der Waals surface area (Å²) in [7, 11) is 0. The van der Waals surface area contributed by atoms with Gasteiger partial charge in [-0.2, -0.15) is 18.4 Å². The van der Waals surface area contributed by atoms with Crippen LogP contribution in [0.5, 0.6) is 0 Å². The van der Waals surface area contributed by atoms with Gasteiger partial charge in [0.15, 0.2) is 0 Å². The fourth-order valence-electron chi connectivity index (χ4n) is 1.39. The Labute approximate surface area is 111 Å². The Hall–Kier alpha value is -2.07. The van der Waals surface area contributed by atoms with Crippen molar-refractivity contribution in [3.8, 4) is 6.07 Å². The van der Waals surface area contributed by atoms with Gasteiger partial charge in [-0.3, -0.25) is 0 Å². The Kier molecular flexibility index (Phi) is 3.71. The average Bonchev–Trinajstić information content (AvgIpc) is 2.38. The third-order valence-corrected chi connectivity index (χ3v) is 3.13. The van der Waals surface area contributed by atoms with E-state index in [1.54, 1.807) is 12.1 Å². The van der Waals surface area contributed by atoms with Crippen molar-refractivity contribution in [2.75, 3.05) is 0 Å². The van der Waals surface area contributed by atoms with Crippen molar-refractivity contribution in [3.63, 3.8) is 0 Å². The van der Waals surface area contributed by atoms with Gasteiger partial charge in [-0.1, -0.05) is 11.8 Å². The second kappa shape index (κ2) is 5.28. The molecule has 19 heavy (non-hydrogen) atoms. The number of halogens is 3. The molecule has 0 unspecified atom stereocenters. The predicted molar refractivity (Wildman–Crippen MR) is 62.3 cm³/mol. The van der Waals surface area contributed by atoms with Crippen molar-refractivity contribution in [3.05, 3.63) is 47.9 Å². The molecule has 7 heteroatoms. The molecule has 96 valence electrons. The van der Waals surface area contributed by atoms with Gasteiger partial charge in [-0.25, -0.2) is 9.97 Å². The lowest BCUT2D eigenvalue weighted by atomic mass is 10.1. The summed E-state index contributed by atoms with van der Waals surface area (Å²) in [6, 6.07) is 6.62. The van der Waals surface area contributed by atoms with E-state index < -0.39 is 17.3 Å². The Morgan fingerprint density at radius 3 is 2.58 bits per heavy atom. The van der Waals surface area contributed by atoms with Crippen LogP contribution in [-0.4, -0.2) is 9.97 Å². The van der Waals surface area contributed by atoms with E-state index in [-0.39, 0.29) is 0 Å². The first kappa shape index (κ1) is 13.4. The largest absolute Gasteiger partial charge is 0.417 e. The Morgan fingerprint density at radius 2 is 2.00 bits per heavy atom. The smallest absolute Gasteiger partial charge is 0.245 e. The first-order chi connectivity index (χ1) is 9.00. The van der Waals surface area contributed by atoms with Crippen LogP contribution in [-0.2, 0) is 6.18 Å². The molecule has 1 aromatic heterocycles. The molecule has 0 fully saturated rings. The van der Waals surface area contributed by atoms with E-state index in [0.717, 1.165) is 6.07 Å². The number of nitrogens with zero attached hydrogens (tertiary/aromatic N) is 3. The van der Waals surface area contributed by atoms with Crippen molar-refractivity contribution >= 4 is 11.8 Å². The number of benzene rings is 1. The Bertz CT molecular complexity index is 620. The molecular weight excluding hydrogens is 275 g/mol. The third-order valence-electron chi connectivity index (χ3n) is 2.19. The summed E-state index contributed by atoms with van der Waals surface area (Å²) in [5.41, 5.74) is -1.33. The quantitative estimate of drug-likeness (QED) is 0.790. The topological polar surface area (TPSA) is 49.6 Å². The minimum atomic E-state index is -4.52. The van der Waals surface area contributed by atoms with E-state index in [1.807, 2.05) is 0 Å². The highest BCUT2D eigenvalue weighted by atomic mass is 32.2. The van der Waals surface area contributed by atoms with Gasteiger partial charge < -0.3 is 0 Å². The standard InChI is InChI=1S/C12H6F3N3S/c13-12(14,15)10-2-1-9(5-8(10)6-16)19-11-3-4-17-7-18-11/h1-5,7H. The molecular formula is C12H6F3N3S. The summed E-state index contributed by atoms with van der Waals surface area (Å²) in [5.74, 6) is 0. The second-order valence-corrected chi connectivity index (χ2v) is 4.56. The molecule has 0 aliphatic rings. The molecule has 1 heterocycles. The van der Waals surface area contributed by atoms with Crippen LogP contribution in [0.25, 0.3) is 0 Å². The molecule has 2 rings (SSSR count). The van der Waals surface area contributed by atoms with Crippen molar-refractivity contribution in [1.29, 1.82) is 5.26 Å². The number of hydrogen-bond donors (Lipinski definition) is 0. The van der Waals surface area contributed by atoms with Crippen LogP contribution in [0.2, 0.25) is 0 Å². The molecule has 0 spiro atoms. The molecule has 0 amide bonds. The lowest BCUT2D eigenvalue weighted by molar-refractivity contribution is -0.137. The van der Waals surface area contributed by atoms with Crippen LogP contribution in [0.1, 0.15) is 11.1 Å². The van der Waals surface area contributed by atoms with Gasteiger partial charge in [0.05, 0.1) is 17.2 Å². The number of aromatic nitrogens is 2. The van der Waals surface area contributed by atoms with Gasteiger partial charge in [-0.05, 0) is 24.3 Å². The summed E-state index contributed by atoms with van der Waals surface area (Å²) in [4.78, 5) is 8.21. The molecule has 0 aliphatic heterocycles. The average molecular weight is 281 g/mol. The molecule has 1 aromatic carbocycles. The van der Waals surface area contributed by atoms with Crippen molar-refractivity contribution < 1.29 is 13.2 Å². The van der Waals surface area contributed by atoms with Gasteiger partial charge >= 0.3 is 6.18 Å². The molecule has 0 radical (unpaired) electrons. The maximum Gasteiger partial charge on any atom is 0.417 e. The molecule has 2 aromatic rings. The first-order valence-electron chi connectivity index (χ1n) is 5.06. The number of hydrogen-bond acceptors (Lipinski definition) is 4. The van der Waals surface area contributed by atoms with Gasteiger partial charge in [0.1, 0.15) is 11.4 Å². The van der Waals surface area contributed by atoms with Gasteiger partial charge in [0.25, 0.3) is 0 Å². The number of rotatable bonds is 2. The maximum absolute atomic E-state index is 12.6. The van der Waals surface area contributed by atoms with Crippen molar-refractivity contribution in [1.82, 2.24) is 9.97 Å². The van der Waals surface area contributed by atoms with Crippen molar-refractivity contribution in [2.45, 2.75) is 16.1 Å². The number of alkyl halides is 3. The van der Waals surface area contributed by atoms with E-state index in [9.17, 15) is 13.2 Å². The molecule has 0 bridgehead atoms. The second-order valence-electron chi connectivity index (χ2n) is 3.47. The molecule has 3 nitrogen and oxygen atoms in total. The van der Waals surface area contributed by atoms with Crippen molar-refractivity contribution in [2.24, 2.45) is 0 Å². The minimum Gasteiger partial charge on any atom is -0.245 e. The van der Waals surface area contributed by atoms with Crippen LogP contribution in [0, 0.1) is 11.3 Å². The molecule has 0 saturated heterocycles. The Morgan fingerprint density at radius 1 is 1.21 bits per heavy atom. The van der Waals surface area contributed by atoms with Crippen LogP contribution in [0.3, 0.4) is 0 Å². The van der Waals surface area contributed by atoms with Gasteiger partial charge in [-0.15, -0.1) is 0 Å². The highest BCUT2D eigenvalue weighted by Crippen LogP contribution is 2.35. The van der Waals surface area contributed by atoms with Crippen LogP contribution >= 0.6 is 11.8 Å². The molecule has 0 atom stereocenters. The number of nitriles is 1. The molecule has 0 aliphatic carbocycles. The fourth-order valence-corrected chi connectivity index (χ4v) is 2.17. The van der Waals surface area contributed by atoms with Crippen LogP contribution in [0.15, 0.2) is 46.7 Å². The van der Waals surface area contributed by atoms with Crippen LogP contribution < -0.4 is 0 Å². The van der Waals surface area contributed by atoms with E-state index in [4.69, 9.17) is 5.26 Å². The highest BCUT2D eigenvalue weighted by Gasteiger charge is 2.33. The summed E-state index contributed by atoms with van der Waals surface area (Å²) in [5, 5.41) is 9.38. The lowest BCUT2D eigenvalue weighted by Gasteiger charge is -2.09. The SMILES string of the molecule is N#Cc1cc(Sc2ccncn2)ccc1C(F)(F)F. The summed E-state index contributed by atoms with van der Waals surface area (Å²) >= 11 is 1.17. The zero-order valence-corrected chi connectivity index (χ0v) is 10.2. The normalized spacial score (nSPS) is 11.1. The van der Waals surface area contributed by atoms with E-state index in [2.05, 4.69) is 9.97 Å². The molecule has 0 N–H and O–H groups in total. The summed E-state index contributed by atoms with van der Waals surface area (Å²) in [6.07, 6.45) is -1.65. The predicted octanol–water partition coefficient (Wildman–Crippen LogP) is 3.52. The lowest BCUT2D eigenvalue weighted by Crippen LogP contribution is -2.07.